The molecular weight excluding hydrogens is 286 g/mol. The molecule has 23 heavy (non-hydrogen) atoms. The second-order valence-corrected chi connectivity index (χ2v) is 5.59. The number of ether oxygens (including phenoxy) is 2. The molecule has 0 heterocycles. The third-order valence-corrected chi connectivity index (χ3v) is 3.84. The lowest BCUT2D eigenvalue weighted by molar-refractivity contribution is 0.0512. The summed E-state index contributed by atoms with van der Waals surface area (Å²) in [5.74, 6) is 0.821. The van der Waals surface area contributed by atoms with E-state index in [9.17, 15) is 0 Å². The van der Waals surface area contributed by atoms with Gasteiger partial charge in [-0.15, -0.1) is 0 Å². The van der Waals surface area contributed by atoms with E-state index < -0.39 is 0 Å². The van der Waals surface area contributed by atoms with Crippen LogP contribution in [0.1, 0.15) is 5.56 Å². The fourth-order valence-corrected chi connectivity index (χ4v) is 2.61. The van der Waals surface area contributed by atoms with Crippen molar-refractivity contribution in [1.29, 1.82) is 0 Å². The first-order chi connectivity index (χ1) is 11.3. The maximum absolute atomic E-state index is 5.52. The van der Waals surface area contributed by atoms with Gasteiger partial charge in [0.2, 0.25) is 0 Å². The molecule has 0 bridgehead atoms. The Morgan fingerprint density at radius 2 is 1.65 bits per heavy atom. The second kappa shape index (κ2) is 7.16. The summed E-state index contributed by atoms with van der Waals surface area (Å²) in [7, 11) is 3.73. The Morgan fingerprint density at radius 1 is 0.870 bits per heavy atom. The molecule has 3 aromatic carbocycles. The largest absolute Gasteiger partial charge is 0.468 e. The van der Waals surface area contributed by atoms with Crippen molar-refractivity contribution in [3.8, 4) is 5.75 Å². The molecule has 0 amide bonds. The van der Waals surface area contributed by atoms with E-state index in [0.29, 0.717) is 0 Å². The molecule has 0 radical (unpaired) electrons. The average Bonchev–Trinajstić information content (AvgIpc) is 2.60. The monoisotopic (exact) mass is 307 g/mol. The van der Waals surface area contributed by atoms with Crippen molar-refractivity contribution in [2.75, 3.05) is 25.9 Å². The summed E-state index contributed by atoms with van der Waals surface area (Å²) in [5, 5.41) is 2.36. The molecule has 118 valence electrons. The molecule has 3 heteroatoms. The Balaban J connectivity index is 1.83. The standard InChI is InChI=1S/C20H21NO2/c1-21(14-16-6-4-3-5-7-16)19-10-8-17-9-11-20(23-15-22-2)13-18(17)12-19/h3-13H,14-15H2,1-2H3. The lowest BCUT2D eigenvalue weighted by atomic mass is 10.1. The van der Waals surface area contributed by atoms with Crippen molar-refractivity contribution in [2.24, 2.45) is 0 Å². The van der Waals surface area contributed by atoms with Crippen LogP contribution in [0.15, 0.2) is 66.7 Å². The van der Waals surface area contributed by atoms with E-state index in [1.54, 1.807) is 7.11 Å². The van der Waals surface area contributed by atoms with Crippen LogP contribution in [0, 0.1) is 0 Å². The second-order valence-electron chi connectivity index (χ2n) is 5.59. The van der Waals surface area contributed by atoms with Crippen LogP contribution in [0.4, 0.5) is 5.69 Å². The number of benzene rings is 3. The van der Waals surface area contributed by atoms with Crippen molar-refractivity contribution in [3.63, 3.8) is 0 Å². The summed E-state index contributed by atoms with van der Waals surface area (Å²) in [4.78, 5) is 2.25. The van der Waals surface area contributed by atoms with E-state index in [4.69, 9.17) is 9.47 Å². The van der Waals surface area contributed by atoms with E-state index in [1.165, 1.54) is 16.6 Å². The van der Waals surface area contributed by atoms with Gasteiger partial charge in [-0.2, -0.15) is 0 Å². The molecule has 0 N–H and O–H groups in total. The molecule has 3 rings (SSSR count). The quantitative estimate of drug-likeness (QED) is 0.628. The molecule has 0 aromatic heterocycles. The lowest BCUT2D eigenvalue weighted by Gasteiger charge is -2.20. The number of nitrogens with zero attached hydrogens (tertiary/aromatic N) is 1. The third kappa shape index (κ3) is 3.82. The highest BCUT2D eigenvalue weighted by Gasteiger charge is 2.04. The molecule has 0 unspecified atom stereocenters. The van der Waals surface area contributed by atoms with Crippen LogP contribution in [0.25, 0.3) is 10.8 Å². The molecule has 0 fully saturated rings. The molecule has 0 aliphatic carbocycles. The van der Waals surface area contributed by atoms with Crippen molar-refractivity contribution in [2.45, 2.75) is 6.54 Å². The van der Waals surface area contributed by atoms with Gasteiger partial charge >= 0.3 is 0 Å². The van der Waals surface area contributed by atoms with Crippen molar-refractivity contribution >= 4 is 16.5 Å². The Labute approximate surface area is 137 Å². The number of methoxy groups -OCH3 is 1. The smallest absolute Gasteiger partial charge is 0.188 e. The van der Waals surface area contributed by atoms with E-state index >= 15 is 0 Å². The fourth-order valence-electron chi connectivity index (χ4n) is 2.61. The average molecular weight is 307 g/mol. The van der Waals surface area contributed by atoms with Gasteiger partial charge in [0.05, 0.1) is 0 Å². The zero-order chi connectivity index (χ0) is 16.1. The maximum Gasteiger partial charge on any atom is 0.188 e. The van der Waals surface area contributed by atoms with Crippen LogP contribution in [0.2, 0.25) is 0 Å². The molecule has 0 aliphatic rings. The van der Waals surface area contributed by atoms with Crippen LogP contribution in [0.3, 0.4) is 0 Å². The number of hydrogen-bond acceptors (Lipinski definition) is 3. The van der Waals surface area contributed by atoms with Gasteiger partial charge in [-0.05, 0) is 40.6 Å². The van der Waals surface area contributed by atoms with Crippen LogP contribution in [-0.2, 0) is 11.3 Å². The first kappa shape index (κ1) is 15.4. The highest BCUT2D eigenvalue weighted by Crippen LogP contribution is 2.26. The predicted octanol–water partition coefficient (Wildman–Crippen LogP) is 4.46. The van der Waals surface area contributed by atoms with Crippen LogP contribution in [-0.4, -0.2) is 21.0 Å². The minimum Gasteiger partial charge on any atom is -0.468 e. The lowest BCUT2D eigenvalue weighted by Crippen LogP contribution is -2.16. The van der Waals surface area contributed by atoms with E-state index in [0.717, 1.165) is 17.7 Å². The molecule has 0 aliphatic heterocycles. The zero-order valence-electron chi connectivity index (χ0n) is 13.5. The van der Waals surface area contributed by atoms with E-state index in [1.807, 2.05) is 18.2 Å². The number of hydrogen-bond donors (Lipinski definition) is 0. The van der Waals surface area contributed by atoms with Crippen molar-refractivity contribution < 1.29 is 9.47 Å². The van der Waals surface area contributed by atoms with E-state index in [2.05, 4.69) is 60.5 Å². The van der Waals surface area contributed by atoms with Crippen molar-refractivity contribution in [3.05, 3.63) is 72.3 Å². The Morgan fingerprint density at radius 3 is 2.43 bits per heavy atom. The van der Waals surface area contributed by atoms with Gasteiger partial charge in [-0.1, -0.05) is 42.5 Å². The highest BCUT2D eigenvalue weighted by atomic mass is 16.7. The van der Waals surface area contributed by atoms with Crippen LogP contribution in [0.5, 0.6) is 5.75 Å². The zero-order valence-corrected chi connectivity index (χ0v) is 13.5. The molecule has 0 saturated carbocycles. The molecule has 0 saturated heterocycles. The minimum atomic E-state index is 0.263. The molecule has 0 spiro atoms. The molecule has 3 aromatic rings. The number of fused-ring (bicyclic) bond motifs is 1. The SMILES string of the molecule is COCOc1ccc2ccc(N(C)Cc3ccccc3)cc2c1. The molecule has 3 nitrogen and oxygen atoms in total. The van der Waals surface area contributed by atoms with Gasteiger partial charge in [-0.25, -0.2) is 0 Å². The van der Waals surface area contributed by atoms with Crippen molar-refractivity contribution in [1.82, 2.24) is 0 Å². The van der Waals surface area contributed by atoms with Gasteiger partial charge in [0, 0.05) is 26.4 Å². The summed E-state index contributed by atoms with van der Waals surface area (Å²) in [6.45, 7) is 1.14. The number of anilines is 1. The minimum absolute atomic E-state index is 0.263. The Bertz CT molecular complexity index is 771. The summed E-state index contributed by atoms with van der Waals surface area (Å²) in [6, 6.07) is 23.1. The Hall–Kier alpha value is -2.52. The maximum atomic E-state index is 5.52. The number of rotatable bonds is 6. The van der Waals surface area contributed by atoms with Gasteiger partial charge in [-0.3, -0.25) is 0 Å². The summed E-state index contributed by atoms with van der Waals surface area (Å²) in [5.41, 5.74) is 2.48. The van der Waals surface area contributed by atoms with Crippen LogP contribution >= 0.6 is 0 Å². The van der Waals surface area contributed by atoms with E-state index in [-0.39, 0.29) is 6.79 Å². The van der Waals surface area contributed by atoms with Gasteiger partial charge in [0.1, 0.15) is 5.75 Å². The third-order valence-electron chi connectivity index (χ3n) is 3.84. The normalized spacial score (nSPS) is 10.7. The highest BCUT2D eigenvalue weighted by molar-refractivity contribution is 5.87. The van der Waals surface area contributed by atoms with Gasteiger partial charge < -0.3 is 14.4 Å². The van der Waals surface area contributed by atoms with Gasteiger partial charge in [0.25, 0.3) is 0 Å². The summed E-state index contributed by atoms with van der Waals surface area (Å²) >= 11 is 0. The Kier molecular flexibility index (Phi) is 4.79. The van der Waals surface area contributed by atoms with Gasteiger partial charge in [0.15, 0.2) is 6.79 Å². The predicted molar refractivity (Wildman–Crippen MR) is 95.0 cm³/mol. The van der Waals surface area contributed by atoms with Crippen LogP contribution < -0.4 is 9.64 Å². The molecule has 0 atom stereocenters. The summed E-state index contributed by atoms with van der Waals surface area (Å²) in [6.07, 6.45) is 0. The molecular formula is C20H21NO2. The fraction of sp³-hybridized carbons (Fsp3) is 0.200. The first-order valence-electron chi connectivity index (χ1n) is 7.67. The first-order valence-corrected chi connectivity index (χ1v) is 7.67. The summed E-state index contributed by atoms with van der Waals surface area (Å²) < 4.78 is 10.5. The topological polar surface area (TPSA) is 21.7 Å².